The number of benzene rings is 3. The number of thioether (sulfide) groups is 1. The molecule has 3 atom stereocenters. The summed E-state index contributed by atoms with van der Waals surface area (Å²) in [5.74, 6) is -3.56. The van der Waals surface area contributed by atoms with Gasteiger partial charge in [-0.15, -0.1) is 0 Å². The van der Waals surface area contributed by atoms with Crippen LogP contribution < -0.4 is 24.6 Å². The molecule has 4 aromatic rings. The third-order valence-electron chi connectivity index (χ3n) is 7.24. The molecule has 3 unspecified atom stereocenters. The quantitative estimate of drug-likeness (QED) is 0.264. The minimum atomic E-state index is -4.80. The molecule has 0 aliphatic carbocycles. The molecule has 9 nitrogen and oxygen atoms in total. The van der Waals surface area contributed by atoms with Gasteiger partial charge in [0.1, 0.15) is 5.25 Å². The summed E-state index contributed by atoms with van der Waals surface area (Å²) in [6.45, 7) is -0.334. The smallest absolute Gasteiger partial charge is 0.418 e. The first-order valence-corrected chi connectivity index (χ1v) is 14.9. The van der Waals surface area contributed by atoms with Gasteiger partial charge in [0.25, 0.3) is 5.91 Å². The predicted octanol–water partition coefficient (Wildman–Crippen LogP) is 5.28. The number of alkyl halides is 3. The van der Waals surface area contributed by atoms with E-state index in [1.165, 1.54) is 25.3 Å². The van der Waals surface area contributed by atoms with Crippen molar-refractivity contribution in [3.8, 4) is 11.5 Å². The van der Waals surface area contributed by atoms with E-state index in [4.69, 9.17) is 9.47 Å². The number of hydrogen-bond donors (Lipinski definition) is 2. The van der Waals surface area contributed by atoms with Crippen molar-refractivity contribution in [3.05, 3.63) is 98.5 Å². The van der Waals surface area contributed by atoms with Gasteiger partial charge in [0.2, 0.25) is 11.8 Å². The number of rotatable bonds is 7. The summed E-state index contributed by atoms with van der Waals surface area (Å²) in [5.41, 5.74) is -0.584. The van der Waals surface area contributed by atoms with Crippen molar-refractivity contribution in [2.24, 2.45) is 5.92 Å². The number of carbonyl (C=O) groups is 3. The standard InChI is InChI=1S/C30H22F3N3O6S2/c1-41-20-13-15(11-12-19(20)42-14-21(37)34-16-7-3-2-4-8-16)22-23-25(43-26-24(22)44-29(40)35-26)28(39)36(27(23)38)18-10-6-5-9-17(18)30(31,32)33/h2-13,22-23,25H,14H2,1H3,(H,34,37)(H,35,40). The van der Waals surface area contributed by atoms with Crippen molar-refractivity contribution >= 4 is 52.2 Å². The Bertz CT molecular complexity index is 1820. The molecule has 0 spiro atoms. The van der Waals surface area contributed by atoms with E-state index >= 15 is 0 Å². The number of aromatic nitrogens is 1. The molecule has 0 radical (unpaired) electrons. The first-order chi connectivity index (χ1) is 21.1. The minimum absolute atomic E-state index is 0.213. The highest BCUT2D eigenvalue weighted by Gasteiger charge is 2.57. The lowest BCUT2D eigenvalue weighted by molar-refractivity contribution is -0.137. The van der Waals surface area contributed by atoms with Crippen molar-refractivity contribution < 1.29 is 37.0 Å². The second-order valence-corrected chi connectivity index (χ2v) is 12.1. The fourth-order valence-corrected chi connectivity index (χ4v) is 7.90. The number of aromatic amines is 1. The second-order valence-electron chi connectivity index (χ2n) is 9.89. The van der Waals surface area contributed by atoms with Crippen LogP contribution in [0.15, 0.2) is 82.6 Å². The fraction of sp³-hybridized carbons (Fsp3) is 0.200. The molecule has 3 heterocycles. The van der Waals surface area contributed by atoms with Gasteiger partial charge in [-0.05, 0) is 42.0 Å². The van der Waals surface area contributed by atoms with Crippen LogP contribution in [0.3, 0.4) is 0 Å². The van der Waals surface area contributed by atoms with Gasteiger partial charge in [0.05, 0.1) is 29.3 Å². The van der Waals surface area contributed by atoms with Gasteiger partial charge in [-0.1, -0.05) is 59.5 Å². The fourth-order valence-electron chi connectivity index (χ4n) is 5.38. The zero-order chi connectivity index (χ0) is 31.2. The van der Waals surface area contributed by atoms with Gasteiger partial charge in [0, 0.05) is 16.5 Å². The van der Waals surface area contributed by atoms with Crippen molar-refractivity contribution in [3.63, 3.8) is 0 Å². The number of ether oxygens (including phenoxy) is 2. The lowest BCUT2D eigenvalue weighted by Crippen LogP contribution is -2.33. The maximum Gasteiger partial charge on any atom is 0.418 e. The van der Waals surface area contributed by atoms with Crippen LogP contribution in [0.4, 0.5) is 24.5 Å². The topological polar surface area (TPSA) is 118 Å². The largest absolute Gasteiger partial charge is 0.493 e. The highest BCUT2D eigenvalue weighted by molar-refractivity contribution is 8.00. The van der Waals surface area contributed by atoms with Gasteiger partial charge in [-0.25, -0.2) is 4.90 Å². The summed E-state index contributed by atoms with van der Waals surface area (Å²) in [6.07, 6.45) is -4.80. The Morgan fingerprint density at radius 1 is 0.977 bits per heavy atom. The molecule has 14 heteroatoms. The number of H-pyrrole nitrogens is 1. The normalized spacial score (nSPS) is 19.4. The highest BCUT2D eigenvalue weighted by Crippen LogP contribution is 2.54. The number of anilines is 2. The average Bonchev–Trinajstić information content (AvgIpc) is 3.49. The number of amides is 3. The molecular weight excluding hydrogens is 619 g/mol. The third kappa shape index (κ3) is 5.35. The number of fused-ring (bicyclic) bond motifs is 2. The van der Waals surface area contributed by atoms with Crippen molar-refractivity contribution in [2.45, 2.75) is 22.4 Å². The van der Waals surface area contributed by atoms with E-state index < -0.39 is 57.1 Å². The van der Waals surface area contributed by atoms with Gasteiger partial charge in [-0.2, -0.15) is 13.2 Å². The average molecular weight is 642 g/mol. The monoisotopic (exact) mass is 641 g/mol. The Hall–Kier alpha value is -4.56. The lowest BCUT2D eigenvalue weighted by atomic mass is 9.83. The Kier molecular flexibility index (Phi) is 7.72. The van der Waals surface area contributed by atoms with Crippen molar-refractivity contribution in [2.75, 3.05) is 23.9 Å². The Labute approximate surface area is 256 Å². The van der Waals surface area contributed by atoms with Crippen LogP contribution in [0.2, 0.25) is 0 Å². The highest BCUT2D eigenvalue weighted by atomic mass is 32.2. The number of nitrogens with zero attached hydrogens (tertiary/aromatic N) is 1. The SMILES string of the molecule is COc1cc(C2c3sc(=O)[nH]c3SC3C(=O)N(c4ccccc4C(F)(F)F)C(=O)C32)ccc1OCC(=O)Nc1ccccc1. The predicted molar refractivity (Wildman–Crippen MR) is 157 cm³/mol. The number of imide groups is 1. The number of thiazole rings is 1. The maximum atomic E-state index is 13.9. The Morgan fingerprint density at radius 2 is 1.70 bits per heavy atom. The Balaban J connectivity index is 1.34. The number of methoxy groups -OCH3 is 1. The first-order valence-electron chi connectivity index (χ1n) is 13.2. The molecule has 0 saturated carbocycles. The van der Waals surface area contributed by atoms with Crippen molar-refractivity contribution in [1.82, 2.24) is 4.98 Å². The van der Waals surface area contributed by atoms with E-state index in [0.29, 0.717) is 26.1 Å². The molecule has 1 saturated heterocycles. The number of nitrogens with one attached hydrogen (secondary N) is 2. The first kappa shape index (κ1) is 29.5. The summed E-state index contributed by atoms with van der Waals surface area (Å²) in [6, 6.07) is 18.0. The molecule has 3 amide bonds. The second kappa shape index (κ2) is 11.5. The zero-order valence-corrected chi connectivity index (χ0v) is 24.3. The van der Waals surface area contributed by atoms with Gasteiger partial charge in [0.15, 0.2) is 18.1 Å². The van der Waals surface area contributed by atoms with Crippen LogP contribution in [0.5, 0.6) is 11.5 Å². The van der Waals surface area contributed by atoms with Crippen LogP contribution in [-0.2, 0) is 20.6 Å². The van der Waals surface area contributed by atoms with Gasteiger partial charge in [-0.3, -0.25) is 19.2 Å². The van der Waals surface area contributed by atoms with Gasteiger partial charge < -0.3 is 19.8 Å². The molecule has 2 aliphatic heterocycles. The van der Waals surface area contributed by atoms with Crippen LogP contribution in [0, 0.1) is 5.92 Å². The van der Waals surface area contributed by atoms with Crippen LogP contribution in [0.1, 0.15) is 21.9 Å². The minimum Gasteiger partial charge on any atom is -0.493 e. The number of halogens is 3. The van der Waals surface area contributed by atoms with E-state index in [2.05, 4.69) is 10.3 Å². The summed E-state index contributed by atoms with van der Waals surface area (Å²) >= 11 is 1.82. The van der Waals surface area contributed by atoms with E-state index in [0.717, 1.165) is 35.2 Å². The summed E-state index contributed by atoms with van der Waals surface area (Å²) < 4.78 is 52.8. The lowest BCUT2D eigenvalue weighted by Gasteiger charge is -2.30. The van der Waals surface area contributed by atoms with E-state index in [9.17, 15) is 32.3 Å². The molecule has 1 fully saturated rings. The molecule has 1 aromatic heterocycles. The maximum absolute atomic E-state index is 13.9. The molecule has 3 aromatic carbocycles. The van der Waals surface area contributed by atoms with Gasteiger partial charge >= 0.3 is 11.0 Å². The molecular formula is C30H22F3N3O6S2. The molecule has 2 N–H and O–H groups in total. The number of para-hydroxylation sites is 2. The van der Waals surface area contributed by atoms with Crippen LogP contribution in [0.25, 0.3) is 0 Å². The summed E-state index contributed by atoms with van der Waals surface area (Å²) in [5, 5.41) is 1.99. The van der Waals surface area contributed by atoms with E-state index in [1.807, 2.05) is 6.07 Å². The van der Waals surface area contributed by atoms with Crippen LogP contribution >= 0.6 is 23.1 Å². The van der Waals surface area contributed by atoms with E-state index in [-0.39, 0.29) is 18.1 Å². The summed E-state index contributed by atoms with van der Waals surface area (Å²) in [7, 11) is 1.38. The third-order valence-corrected chi connectivity index (χ3v) is 9.64. The molecule has 226 valence electrons. The zero-order valence-electron chi connectivity index (χ0n) is 22.7. The number of hydrogen-bond acceptors (Lipinski definition) is 8. The number of carbonyl (C=O) groups excluding carboxylic acids is 3. The molecule has 6 rings (SSSR count). The molecule has 2 aliphatic rings. The Morgan fingerprint density at radius 3 is 2.43 bits per heavy atom. The molecule has 0 bridgehead atoms. The van der Waals surface area contributed by atoms with Crippen LogP contribution in [-0.4, -0.2) is 41.7 Å². The van der Waals surface area contributed by atoms with E-state index in [1.54, 1.807) is 36.4 Å². The summed E-state index contributed by atoms with van der Waals surface area (Å²) in [4.78, 5) is 55.7. The van der Waals surface area contributed by atoms with Crippen molar-refractivity contribution in [1.29, 1.82) is 0 Å². The molecule has 44 heavy (non-hydrogen) atoms.